The first kappa shape index (κ1) is 15.7. The molecule has 2 aromatic rings. The predicted molar refractivity (Wildman–Crippen MR) is 85.7 cm³/mol. The van der Waals surface area contributed by atoms with Crippen molar-refractivity contribution in [3.05, 3.63) is 35.3 Å². The van der Waals surface area contributed by atoms with Crippen molar-refractivity contribution in [2.75, 3.05) is 7.11 Å². The predicted octanol–water partition coefficient (Wildman–Crippen LogP) is 4.98. The van der Waals surface area contributed by atoms with Gasteiger partial charge in [-0.3, -0.25) is 4.98 Å². The van der Waals surface area contributed by atoms with Crippen LogP contribution in [-0.2, 0) is 10.8 Å². The van der Waals surface area contributed by atoms with Crippen LogP contribution in [0.1, 0.15) is 52.7 Å². The average Bonchev–Trinajstić information content (AvgIpc) is 2.35. The molecule has 0 spiro atoms. The van der Waals surface area contributed by atoms with Crippen LogP contribution >= 0.6 is 0 Å². The molecule has 0 N–H and O–H groups in total. The van der Waals surface area contributed by atoms with Crippen LogP contribution in [-0.4, -0.2) is 12.1 Å². The number of rotatable bonds is 1. The molecular weight excluding hydrogens is 265 g/mol. The maximum Gasteiger partial charge on any atom is 0.136 e. The van der Waals surface area contributed by atoms with Crippen LogP contribution < -0.4 is 4.74 Å². The average molecular weight is 289 g/mol. The van der Waals surface area contributed by atoms with Gasteiger partial charge in [-0.15, -0.1) is 0 Å². The van der Waals surface area contributed by atoms with Crippen LogP contribution in [0.4, 0.5) is 4.39 Å². The largest absolute Gasteiger partial charge is 0.496 e. The Morgan fingerprint density at radius 3 is 2.00 bits per heavy atom. The molecule has 0 bridgehead atoms. The van der Waals surface area contributed by atoms with E-state index < -0.39 is 0 Å². The minimum absolute atomic E-state index is 0.104. The standard InChI is InChI=1S/C18H24FNO/c1-17(2,3)11-8-9-13(19)14-15(11)20-10-12(16(14)21-7)18(4,5)6/h8-10H,1-7H3. The van der Waals surface area contributed by atoms with Crippen molar-refractivity contribution in [3.8, 4) is 5.75 Å². The fourth-order valence-corrected chi connectivity index (χ4v) is 2.59. The van der Waals surface area contributed by atoms with E-state index in [2.05, 4.69) is 46.5 Å². The molecule has 0 aliphatic carbocycles. The van der Waals surface area contributed by atoms with Crippen molar-refractivity contribution in [2.45, 2.75) is 52.4 Å². The van der Waals surface area contributed by atoms with Gasteiger partial charge >= 0.3 is 0 Å². The molecule has 0 atom stereocenters. The highest BCUT2D eigenvalue weighted by molar-refractivity contribution is 5.90. The molecule has 0 aliphatic rings. The van der Waals surface area contributed by atoms with Crippen molar-refractivity contribution in [1.82, 2.24) is 4.98 Å². The van der Waals surface area contributed by atoms with Crippen molar-refractivity contribution >= 4 is 10.9 Å². The first-order valence-corrected chi connectivity index (χ1v) is 7.23. The Balaban J connectivity index is 2.94. The van der Waals surface area contributed by atoms with Gasteiger partial charge in [-0.05, 0) is 22.5 Å². The lowest BCUT2D eigenvalue weighted by molar-refractivity contribution is 0.400. The molecule has 1 aromatic heterocycles. The van der Waals surface area contributed by atoms with E-state index in [1.807, 2.05) is 12.3 Å². The maximum absolute atomic E-state index is 14.5. The van der Waals surface area contributed by atoms with Crippen LogP contribution in [0.2, 0.25) is 0 Å². The monoisotopic (exact) mass is 289 g/mol. The van der Waals surface area contributed by atoms with Gasteiger partial charge < -0.3 is 4.74 Å². The topological polar surface area (TPSA) is 22.1 Å². The molecule has 1 heterocycles. The minimum atomic E-state index is -0.284. The van der Waals surface area contributed by atoms with E-state index in [1.54, 1.807) is 7.11 Å². The third-order valence-corrected chi connectivity index (χ3v) is 3.74. The number of pyridine rings is 1. The van der Waals surface area contributed by atoms with Crippen LogP contribution in [0, 0.1) is 5.82 Å². The second-order valence-electron chi connectivity index (χ2n) is 7.52. The third-order valence-electron chi connectivity index (χ3n) is 3.74. The Labute approximate surface area is 126 Å². The molecular formula is C18H24FNO. The summed E-state index contributed by atoms with van der Waals surface area (Å²) in [5, 5.41) is 0.484. The summed E-state index contributed by atoms with van der Waals surface area (Å²) in [5.74, 6) is 0.310. The Morgan fingerprint density at radius 1 is 0.952 bits per heavy atom. The third kappa shape index (κ3) is 2.74. The van der Waals surface area contributed by atoms with Crippen molar-refractivity contribution in [1.29, 1.82) is 0 Å². The number of methoxy groups -OCH3 is 1. The lowest BCUT2D eigenvalue weighted by atomic mass is 9.83. The van der Waals surface area contributed by atoms with Crippen molar-refractivity contribution < 1.29 is 9.13 Å². The summed E-state index contributed by atoms with van der Waals surface area (Å²) in [6.07, 6.45) is 1.82. The number of halogens is 1. The van der Waals surface area contributed by atoms with E-state index >= 15 is 0 Å². The summed E-state index contributed by atoms with van der Waals surface area (Å²) in [6.45, 7) is 12.5. The van der Waals surface area contributed by atoms with Gasteiger partial charge in [0.15, 0.2) is 0 Å². The summed E-state index contributed by atoms with van der Waals surface area (Å²) in [6, 6.07) is 3.33. The van der Waals surface area contributed by atoms with E-state index in [0.717, 1.165) is 11.1 Å². The first-order chi connectivity index (χ1) is 9.57. The second-order valence-corrected chi connectivity index (χ2v) is 7.52. The molecule has 0 fully saturated rings. The van der Waals surface area contributed by atoms with Crippen LogP contribution in [0.3, 0.4) is 0 Å². The van der Waals surface area contributed by atoms with Gasteiger partial charge in [0.25, 0.3) is 0 Å². The molecule has 2 rings (SSSR count). The Kier molecular flexibility index (Phi) is 3.73. The summed E-state index contributed by atoms with van der Waals surface area (Å²) < 4.78 is 20.0. The van der Waals surface area contributed by atoms with E-state index in [4.69, 9.17) is 4.74 Å². The molecule has 1 aromatic carbocycles. The van der Waals surface area contributed by atoms with Gasteiger partial charge in [-0.2, -0.15) is 0 Å². The molecule has 2 nitrogen and oxygen atoms in total. The first-order valence-electron chi connectivity index (χ1n) is 7.23. The SMILES string of the molecule is COc1c(C(C)(C)C)cnc2c(C(C)(C)C)ccc(F)c12. The summed E-state index contributed by atoms with van der Waals surface area (Å²) >= 11 is 0. The van der Waals surface area contributed by atoms with E-state index in [-0.39, 0.29) is 16.6 Å². The van der Waals surface area contributed by atoms with E-state index in [9.17, 15) is 4.39 Å². The lowest BCUT2D eigenvalue weighted by Crippen LogP contribution is -2.16. The molecule has 114 valence electrons. The van der Waals surface area contributed by atoms with Gasteiger partial charge in [0, 0.05) is 11.8 Å². The van der Waals surface area contributed by atoms with E-state index in [0.29, 0.717) is 16.7 Å². The molecule has 0 radical (unpaired) electrons. The number of hydrogen-bond donors (Lipinski definition) is 0. The maximum atomic E-state index is 14.5. The molecule has 0 saturated carbocycles. The second kappa shape index (κ2) is 4.97. The zero-order valence-electron chi connectivity index (χ0n) is 14.0. The highest BCUT2D eigenvalue weighted by atomic mass is 19.1. The van der Waals surface area contributed by atoms with Crippen LogP contribution in [0.25, 0.3) is 10.9 Å². The smallest absolute Gasteiger partial charge is 0.136 e. The van der Waals surface area contributed by atoms with Crippen LogP contribution in [0.5, 0.6) is 5.75 Å². The number of aromatic nitrogens is 1. The van der Waals surface area contributed by atoms with Crippen molar-refractivity contribution in [3.63, 3.8) is 0 Å². The number of benzene rings is 1. The molecule has 0 aliphatic heterocycles. The number of nitrogens with zero attached hydrogens (tertiary/aromatic N) is 1. The fraction of sp³-hybridized carbons (Fsp3) is 0.500. The number of fused-ring (bicyclic) bond motifs is 1. The van der Waals surface area contributed by atoms with Crippen molar-refractivity contribution in [2.24, 2.45) is 0 Å². The van der Waals surface area contributed by atoms with E-state index in [1.165, 1.54) is 6.07 Å². The summed E-state index contributed by atoms with van der Waals surface area (Å²) in [4.78, 5) is 4.56. The molecule has 0 amide bonds. The molecule has 21 heavy (non-hydrogen) atoms. The fourth-order valence-electron chi connectivity index (χ4n) is 2.59. The Morgan fingerprint density at radius 2 is 1.52 bits per heavy atom. The lowest BCUT2D eigenvalue weighted by Gasteiger charge is -2.25. The number of ether oxygens (including phenoxy) is 1. The zero-order valence-corrected chi connectivity index (χ0v) is 14.0. The molecule has 3 heteroatoms. The Bertz CT molecular complexity index is 678. The summed E-state index contributed by atoms with van der Waals surface area (Å²) in [5.41, 5.74) is 2.37. The van der Waals surface area contributed by atoms with Gasteiger partial charge in [0.05, 0.1) is 18.0 Å². The normalized spacial score (nSPS) is 12.8. The highest BCUT2D eigenvalue weighted by Crippen LogP contribution is 2.40. The quantitative estimate of drug-likeness (QED) is 0.739. The Hall–Kier alpha value is -1.64. The minimum Gasteiger partial charge on any atom is -0.496 e. The highest BCUT2D eigenvalue weighted by Gasteiger charge is 2.26. The summed E-state index contributed by atoms with van der Waals surface area (Å²) in [7, 11) is 1.59. The van der Waals surface area contributed by atoms with Gasteiger partial charge in [-0.25, -0.2) is 4.39 Å². The van der Waals surface area contributed by atoms with Crippen LogP contribution in [0.15, 0.2) is 18.3 Å². The van der Waals surface area contributed by atoms with Gasteiger partial charge in [0.2, 0.25) is 0 Å². The zero-order chi connectivity index (χ0) is 16.0. The number of hydrogen-bond acceptors (Lipinski definition) is 2. The molecule has 0 saturated heterocycles. The molecule has 0 unspecified atom stereocenters. The van der Waals surface area contributed by atoms with Gasteiger partial charge in [0.1, 0.15) is 11.6 Å². The van der Waals surface area contributed by atoms with Gasteiger partial charge in [-0.1, -0.05) is 47.6 Å².